The molecule has 0 atom stereocenters. The number of aromatic nitrogens is 4. The SMILES string of the molecule is Cc1c(-c2nc(-c3ccc(F)cc3)no2)sc2ncn(C)c(=O)c12. The van der Waals surface area contributed by atoms with E-state index >= 15 is 0 Å². The first-order valence-electron chi connectivity index (χ1n) is 7.09. The van der Waals surface area contributed by atoms with Crippen LogP contribution in [-0.2, 0) is 7.05 Å². The van der Waals surface area contributed by atoms with E-state index in [9.17, 15) is 9.18 Å². The zero-order valence-corrected chi connectivity index (χ0v) is 13.6. The number of nitrogens with zero attached hydrogens (tertiary/aromatic N) is 4. The first-order chi connectivity index (χ1) is 11.5. The van der Waals surface area contributed by atoms with Crippen molar-refractivity contribution in [2.75, 3.05) is 0 Å². The molecule has 4 aromatic rings. The van der Waals surface area contributed by atoms with Gasteiger partial charge in [-0.15, -0.1) is 11.3 Å². The first-order valence-corrected chi connectivity index (χ1v) is 7.91. The van der Waals surface area contributed by atoms with Gasteiger partial charge in [-0.3, -0.25) is 4.79 Å². The number of rotatable bonds is 2. The minimum atomic E-state index is -0.329. The number of fused-ring (bicyclic) bond motifs is 1. The van der Waals surface area contributed by atoms with Crippen LogP contribution in [-0.4, -0.2) is 19.7 Å². The molecule has 0 saturated heterocycles. The van der Waals surface area contributed by atoms with Crippen LogP contribution in [0.1, 0.15) is 5.56 Å². The third kappa shape index (κ3) is 2.23. The maximum Gasteiger partial charge on any atom is 0.268 e. The molecule has 8 heteroatoms. The maximum absolute atomic E-state index is 13.0. The molecule has 0 N–H and O–H groups in total. The van der Waals surface area contributed by atoms with E-state index in [0.29, 0.717) is 32.4 Å². The molecule has 0 saturated carbocycles. The van der Waals surface area contributed by atoms with Gasteiger partial charge in [-0.25, -0.2) is 9.37 Å². The van der Waals surface area contributed by atoms with Crippen LogP contribution in [0.5, 0.6) is 0 Å². The van der Waals surface area contributed by atoms with E-state index in [4.69, 9.17) is 4.52 Å². The van der Waals surface area contributed by atoms with E-state index in [1.165, 1.54) is 34.4 Å². The van der Waals surface area contributed by atoms with Crippen molar-refractivity contribution in [1.82, 2.24) is 19.7 Å². The molecule has 0 fully saturated rings. The van der Waals surface area contributed by atoms with Crippen molar-refractivity contribution < 1.29 is 8.91 Å². The highest BCUT2D eigenvalue weighted by Crippen LogP contribution is 2.35. The molecular formula is C16H11FN4O2S. The predicted octanol–water partition coefficient (Wildman–Crippen LogP) is 3.16. The van der Waals surface area contributed by atoms with E-state index < -0.39 is 0 Å². The third-order valence-electron chi connectivity index (χ3n) is 3.73. The Kier molecular flexibility index (Phi) is 3.27. The van der Waals surface area contributed by atoms with E-state index in [2.05, 4.69) is 15.1 Å². The molecule has 0 aliphatic carbocycles. The van der Waals surface area contributed by atoms with E-state index in [-0.39, 0.29) is 11.4 Å². The number of thiophene rings is 1. The van der Waals surface area contributed by atoms with Gasteiger partial charge in [0.05, 0.1) is 16.6 Å². The van der Waals surface area contributed by atoms with Crippen LogP contribution in [0.15, 0.2) is 39.9 Å². The molecular weight excluding hydrogens is 331 g/mol. The van der Waals surface area contributed by atoms with Gasteiger partial charge in [-0.2, -0.15) is 4.98 Å². The third-order valence-corrected chi connectivity index (χ3v) is 4.92. The summed E-state index contributed by atoms with van der Waals surface area (Å²) in [6.07, 6.45) is 1.49. The highest BCUT2D eigenvalue weighted by atomic mass is 32.1. The van der Waals surface area contributed by atoms with Crippen LogP contribution in [0.3, 0.4) is 0 Å². The van der Waals surface area contributed by atoms with Crippen LogP contribution in [0.4, 0.5) is 4.39 Å². The highest BCUT2D eigenvalue weighted by Gasteiger charge is 2.20. The summed E-state index contributed by atoms with van der Waals surface area (Å²) in [7, 11) is 1.66. The number of benzene rings is 1. The molecule has 0 aliphatic heterocycles. The Hall–Kier alpha value is -2.87. The van der Waals surface area contributed by atoms with Gasteiger partial charge in [0, 0.05) is 12.6 Å². The summed E-state index contributed by atoms with van der Waals surface area (Å²) in [6, 6.07) is 5.84. The van der Waals surface area contributed by atoms with Crippen LogP contribution in [0.2, 0.25) is 0 Å². The normalized spacial score (nSPS) is 11.3. The summed E-state index contributed by atoms with van der Waals surface area (Å²) in [4.78, 5) is 22.3. The molecule has 120 valence electrons. The quantitative estimate of drug-likeness (QED) is 0.559. The van der Waals surface area contributed by atoms with Crippen molar-refractivity contribution >= 4 is 21.6 Å². The van der Waals surface area contributed by atoms with E-state index in [0.717, 1.165) is 5.56 Å². The Morgan fingerprint density at radius 1 is 1.25 bits per heavy atom. The second kappa shape index (κ2) is 5.34. The average Bonchev–Trinajstić information content (AvgIpc) is 3.17. The number of hydrogen-bond acceptors (Lipinski definition) is 6. The van der Waals surface area contributed by atoms with Gasteiger partial charge in [0.1, 0.15) is 10.6 Å². The lowest BCUT2D eigenvalue weighted by atomic mass is 10.2. The van der Waals surface area contributed by atoms with Crippen LogP contribution < -0.4 is 5.56 Å². The molecule has 24 heavy (non-hydrogen) atoms. The van der Waals surface area contributed by atoms with Crippen molar-refractivity contribution in [3.8, 4) is 22.2 Å². The second-order valence-electron chi connectivity index (χ2n) is 5.33. The zero-order valence-electron chi connectivity index (χ0n) is 12.8. The monoisotopic (exact) mass is 342 g/mol. The van der Waals surface area contributed by atoms with Gasteiger partial charge in [-0.05, 0) is 36.8 Å². The van der Waals surface area contributed by atoms with Gasteiger partial charge in [0.25, 0.3) is 11.4 Å². The number of hydrogen-bond donors (Lipinski definition) is 0. The van der Waals surface area contributed by atoms with Gasteiger partial charge in [0.2, 0.25) is 5.82 Å². The summed E-state index contributed by atoms with van der Waals surface area (Å²) in [5, 5.41) is 4.50. The summed E-state index contributed by atoms with van der Waals surface area (Å²) in [5.41, 5.74) is 1.30. The molecule has 0 bridgehead atoms. The Bertz CT molecular complexity index is 1110. The Labute approximate surface area is 139 Å². The lowest BCUT2D eigenvalue weighted by Crippen LogP contribution is -2.16. The van der Waals surface area contributed by atoms with Crippen molar-refractivity contribution in [2.45, 2.75) is 6.92 Å². The average molecular weight is 342 g/mol. The standard InChI is InChI=1S/C16H11FN4O2S/c1-8-11-15(18-7-21(2)16(11)22)24-12(8)14-19-13(20-23-14)9-3-5-10(17)6-4-9/h3-7H,1-2H3. The number of halogens is 1. The van der Waals surface area contributed by atoms with Crippen LogP contribution in [0.25, 0.3) is 32.4 Å². The number of aryl methyl sites for hydroxylation is 2. The molecule has 0 radical (unpaired) electrons. The molecule has 4 rings (SSSR count). The van der Waals surface area contributed by atoms with Gasteiger partial charge in [0.15, 0.2) is 0 Å². The van der Waals surface area contributed by atoms with Crippen LogP contribution >= 0.6 is 11.3 Å². The topological polar surface area (TPSA) is 73.8 Å². The zero-order chi connectivity index (χ0) is 16.8. The minimum absolute atomic E-state index is 0.113. The van der Waals surface area contributed by atoms with E-state index in [1.54, 1.807) is 19.2 Å². The molecule has 0 aliphatic rings. The molecule has 3 heterocycles. The smallest absolute Gasteiger partial charge is 0.268 e. The highest BCUT2D eigenvalue weighted by molar-refractivity contribution is 7.22. The fourth-order valence-corrected chi connectivity index (χ4v) is 3.51. The lowest BCUT2D eigenvalue weighted by molar-refractivity contribution is 0.433. The summed E-state index contributed by atoms with van der Waals surface area (Å²) in [5.74, 6) is 0.351. The van der Waals surface area contributed by atoms with Crippen LogP contribution in [0, 0.1) is 12.7 Å². The van der Waals surface area contributed by atoms with Crippen molar-refractivity contribution in [2.24, 2.45) is 7.05 Å². The molecule has 3 aromatic heterocycles. The van der Waals surface area contributed by atoms with Crippen molar-refractivity contribution in [3.05, 3.63) is 52.3 Å². The van der Waals surface area contributed by atoms with Gasteiger partial charge in [-0.1, -0.05) is 5.16 Å². The Morgan fingerprint density at radius 3 is 2.75 bits per heavy atom. The predicted molar refractivity (Wildman–Crippen MR) is 88.3 cm³/mol. The summed E-state index contributed by atoms with van der Waals surface area (Å²) in [6.45, 7) is 1.83. The largest absolute Gasteiger partial charge is 0.333 e. The second-order valence-corrected chi connectivity index (χ2v) is 6.33. The maximum atomic E-state index is 13.0. The Balaban J connectivity index is 1.84. The van der Waals surface area contributed by atoms with E-state index in [1.807, 2.05) is 6.92 Å². The Morgan fingerprint density at radius 2 is 2.00 bits per heavy atom. The van der Waals surface area contributed by atoms with Crippen molar-refractivity contribution in [3.63, 3.8) is 0 Å². The fraction of sp³-hybridized carbons (Fsp3) is 0.125. The lowest BCUT2D eigenvalue weighted by Gasteiger charge is -1.95. The molecule has 1 aromatic carbocycles. The molecule has 6 nitrogen and oxygen atoms in total. The summed E-state index contributed by atoms with van der Waals surface area (Å²) < 4.78 is 19.8. The fourth-order valence-electron chi connectivity index (χ4n) is 2.44. The van der Waals surface area contributed by atoms with Crippen molar-refractivity contribution in [1.29, 1.82) is 0 Å². The van der Waals surface area contributed by atoms with Gasteiger partial charge >= 0.3 is 0 Å². The first kappa shape index (κ1) is 14.7. The summed E-state index contributed by atoms with van der Waals surface area (Å²) >= 11 is 1.33. The molecule has 0 unspecified atom stereocenters. The van der Waals surface area contributed by atoms with Gasteiger partial charge < -0.3 is 9.09 Å². The molecule has 0 amide bonds. The minimum Gasteiger partial charge on any atom is -0.333 e. The molecule has 0 spiro atoms.